The van der Waals surface area contributed by atoms with Crippen LogP contribution in [0.25, 0.3) is 0 Å². The van der Waals surface area contributed by atoms with Gasteiger partial charge in [-0.05, 0) is 30.5 Å². The van der Waals surface area contributed by atoms with Crippen molar-refractivity contribution in [2.75, 3.05) is 9.21 Å². The third-order valence-corrected chi connectivity index (χ3v) is 6.51. The monoisotopic (exact) mass is 416 g/mol. The summed E-state index contributed by atoms with van der Waals surface area (Å²) < 4.78 is 35.7. The zero-order valence-electron chi connectivity index (χ0n) is 17.2. The van der Waals surface area contributed by atoms with E-state index in [4.69, 9.17) is 0 Å². The molecule has 0 radical (unpaired) electrons. The van der Waals surface area contributed by atoms with Gasteiger partial charge in [0.05, 0.1) is 11.4 Å². The van der Waals surface area contributed by atoms with Crippen LogP contribution in [0.15, 0.2) is 54.6 Å². The van der Waals surface area contributed by atoms with Crippen LogP contribution in [-0.2, 0) is 16.8 Å². The third kappa shape index (κ3) is 5.52. The van der Waals surface area contributed by atoms with Gasteiger partial charge in [-0.1, -0.05) is 87.9 Å². The number of fused-ring (bicyclic) bond motifs is 1. The van der Waals surface area contributed by atoms with E-state index in [1.807, 2.05) is 48.5 Å². The van der Waals surface area contributed by atoms with Crippen molar-refractivity contribution in [2.24, 2.45) is 0 Å². The fourth-order valence-electron chi connectivity index (χ4n) is 4.15. The normalized spacial score (nSPS) is 16.3. The maximum Gasteiger partial charge on any atom is 0.361 e. The average Bonchev–Trinajstić information content (AvgIpc) is 3.02. The number of nitrogens with zero attached hydrogens (tertiary/aromatic N) is 2. The highest BCUT2D eigenvalue weighted by molar-refractivity contribution is 7.87. The Hall–Kier alpha value is -2.05. The minimum atomic E-state index is -4.35. The lowest BCUT2D eigenvalue weighted by Gasteiger charge is -2.31. The first kappa shape index (κ1) is 21.7. The van der Waals surface area contributed by atoms with E-state index in [1.165, 1.54) is 36.4 Å². The summed E-state index contributed by atoms with van der Waals surface area (Å²) in [5, 5.41) is 0. The van der Waals surface area contributed by atoms with Gasteiger partial charge in [0.2, 0.25) is 0 Å². The van der Waals surface area contributed by atoms with Gasteiger partial charge < -0.3 is 4.90 Å². The van der Waals surface area contributed by atoms with Crippen LogP contribution in [0.5, 0.6) is 0 Å². The summed E-state index contributed by atoms with van der Waals surface area (Å²) in [6.07, 6.45) is 8.48. The van der Waals surface area contributed by atoms with Crippen molar-refractivity contribution >= 4 is 21.7 Å². The van der Waals surface area contributed by atoms with Gasteiger partial charge in [0.15, 0.2) is 0 Å². The largest absolute Gasteiger partial charge is 0.361 e. The van der Waals surface area contributed by atoms with Crippen LogP contribution in [-0.4, -0.2) is 19.1 Å². The van der Waals surface area contributed by atoms with Crippen molar-refractivity contribution in [2.45, 2.75) is 71.0 Å². The molecule has 1 atom stereocenters. The van der Waals surface area contributed by atoms with E-state index >= 15 is 0 Å². The second-order valence-electron chi connectivity index (χ2n) is 7.77. The molecule has 1 N–H and O–H groups in total. The number of unbranched alkanes of at least 4 members (excludes halogenated alkanes) is 6. The molecule has 0 aromatic heterocycles. The van der Waals surface area contributed by atoms with E-state index in [0.717, 1.165) is 24.1 Å². The summed E-state index contributed by atoms with van der Waals surface area (Å²) in [6.45, 7) is 2.81. The Bertz CT molecular complexity index is 871. The lowest BCUT2D eigenvalue weighted by Crippen LogP contribution is -2.45. The molecule has 1 aliphatic heterocycles. The van der Waals surface area contributed by atoms with Crippen LogP contribution in [0.1, 0.15) is 63.9 Å². The molecular formula is C23H32N2O3S. The molecule has 2 aromatic rings. The number of hydrogen-bond donors (Lipinski definition) is 1. The van der Waals surface area contributed by atoms with E-state index in [9.17, 15) is 13.0 Å². The Labute approximate surface area is 175 Å². The van der Waals surface area contributed by atoms with Crippen molar-refractivity contribution in [3.63, 3.8) is 0 Å². The van der Waals surface area contributed by atoms with Crippen molar-refractivity contribution in [3.8, 4) is 0 Å². The molecule has 2 aromatic carbocycles. The first-order valence-electron chi connectivity index (χ1n) is 10.7. The lowest BCUT2D eigenvalue weighted by atomic mass is 10.1. The SMILES string of the molecule is CCCCCCCCCC1N(Cc2ccccc2)c2ccccc2N1S(=O)(=O)O. The maximum absolute atomic E-state index is 12.3. The van der Waals surface area contributed by atoms with Crippen molar-refractivity contribution < 1.29 is 13.0 Å². The highest BCUT2D eigenvalue weighted by Crippen LogP contribution is 2.43. The zero-order chi connectivity index (χ0) is 20.7. The molecule has 0 saturated heterocycles. The lowest BCUT2D eigenvalue weighted by molar-refractivity contribution is 0.456. The molecule has 0 amide bonds. The molecule has 3 rings (SSSR count). The topological polar surface area (TPSA) is 60.9 Å². The smallest absolute Gasteiger partial charge is 0.344 e. The number of rotatable bonds is 11. The minimum Gasteiger partial charge on any atom is -0.344 e. The van der Waals surface area contributed by atoms with Crippen LogP contribution in [0.3, 0.4) is 0 Å². The molecule has 0 aliphatic carbocycles. The maximum atomic E-state index is 12.3. The van der Waals surface area contributed by atoms with E-state index in [2.05, 4.69) is 11.8 Å². The predicted molar refractivity (Wildman–Crippen MR) is 119 cm³/mol. The molecule has 0 bridgehead atoms. The highest BCUT2D eigenvalue weighted by Gasteiger charge is 2.41. The van der Waals surface area contributed by atoms with E-state index in [1.54, 1.807) is 6.07 Å². The fraction of sp³-hybridized carbons (Fsp3) is 0.478. The van der Waals surface area contributed by atoms with E-state index < -0.39 is 16.5 Å². The van der Waals surface area contributed by atoms with Crippen molar-refractivity contribution in [1.82, 2.24) is 0 Å². The summed E-state index contributed by atoms with van der Waals surface area (Å²) in [4.78, 5) is 2.11. The third-order valence-electron chi connectivity index (χ3n) is 5.57. The van der Waals surface area contributed by atoms with Gasteiger partial charge in [-0.3, -0.25) is 4.55 Å². The number of benzene rings is 2. The molecule has 158 valence electrons. The Balaban J connectivity index is 1.77. The Morgan fingerprint density at radius 3 is 2.07 bits per heavy atom. The molecule has 6 heteroatoms. The van der Waals surface area contributed by atoms with Gasteiger partial charge in [-0.25, -0.2) is 4.31 Å². The molecule has 1 heterocycles. The summed E-state index contributed by atoms with van der Waals surface area (Å²) in [6, 6.07) is 17.5. The number of anilines is 2. The standard InChI is InChI=1S/C23H32N2O3S/c1-2-3-4-5-6-7-11-18-23-24(19-20-14-9-8-10-15-20)21-16-12-13-17-22(21)25(23)29(26,27)28/h8-10,12-17,23H,2-7,11,18-19H2,1H3,(H,26,27,28). The highest BCUT2D eigenvalue weighted by atomic mass is 32.2. The van der Waals surface area contributed by atoms with Crippen molar-refractivity contribution in [3.05, 3.63) is 60.2 Å². The van der Waals surface area contributed by atoms with Gasteiger partial charge in [0.1, 0.15) is 6.17 Å². The van der Waals surface area contributed by atoms with Crippen LogP contribution in [0.2, 0.25) is 0 Å². The predicted octanol–water partition coefficient (Wildman–Crippen LogP) is 5.78. The molecule has 29 heavy (non-hydrogen) atoms. The summed E-state index contributed by atoms with van der Waals surface area (Å²) in [5.74, 6) is 0. The second kappa shape index (κ2) is 10.1. The van der Waals surface area contributed by atoms with Crippen LogP contribution in [0, 0.1) is 0 Å². The Morgan fingerprint density at radius 2 is 1.41 bits per heavy atom. The van der Waals surface area contributed by atoms with Crippen LogP contribution >= 0.6 is 0 Å². The summed E-state index contributed by atoms with van der Waals surface area (Å²) >= 11 is 0. The Morgan fingerprint density at radius 1 is 0.828 bits per heavy atom. The van der Waals surface area contributed by atoms with Crippen molar-refractivity contribution in [1.29, 1.82) is 0 Å². The first-order chi connectivity index (χ1) is 14.0. The molecular weight excluding hydrogens is 384 g/mol. The second-order valence-corrected chi connectivity index (χ2v) is 9.06. The Kier molecular flexibility index (Phi) is 7.56. The average molecular weight is 417 g/mol. The molecule has 0 spiro atoms. The van der Waals surface area contributed by atoms with Gasteiger partial charge in [-0.15, -0.1) is 0 Å². The van der Waals surface area contributed by atoms with Crippen LogP contribution < -0.4 is 9.21 Å². The van der Waals surface area contributed by atoms with Gasteiger partial charge in [0, 0.05) is 6.54 Å². The van der Waals surface area contributed by atoms with E-state index in [-0.39, 0.29) is 0 Å². The minimum absolute atomic E-state index is 0.404. The number of para-hydroxylation sites is 2. The molecule has 1 aliphatic rings. The first-order valence-corrected chi connectivity index (χ1v) is 12.1. The van der Waals surface area contributed by atoms with E-state index in [0.29, 0.717) is 18.7 Å². The van der Waals surface area contributed by atoms with Gasteiger partial charge >= 0.3 is 10.3 Å². The summed E-state index contributed by atoms with van der Waals surface area (Å²) in [5.41, 5.74) is 2.52. The molecule has 5 nitrogen and oxygen atoms in total. The van der Waals surface area contributed by atoms with Crippen LogP contribution in [0.4, 0.5) is 11.4 Å². The molecule has 0 fully saturated rings. The quantitative estimate of drug-likeness (QED) is 0.372. The zero-order valence-corrected chi connectivity index (χ0v) is 18.0. The number of hydrogen-bond acceptors (Lipinski definition) is 3. The summed E-state index contributed by atoms with van der Waals surface area (Å²) in [7, 11) is -4.35. The van der Waals surface area contributed by atoms with Gasteiger partial charge in [-0.2, -0.15) is 8.42 Å². The molecule has 0 saturated carbocycles. The fourth-order valence-corrected chi connectivity index (χ4v) is 5.08. The molecule has 1 unspecified atom stereocenters. The van der Waals surface area contributed by atoms with Gasteiger partial charge in [0.25, 0.3) is 0 Å².